The summed E-state index contributed by atoms with van der Waals surface area (Å²) in [6.07, 6.45) is 1.89. The number of anilines is 1. The fourth-order valence-electron chi connectivity index (χ4n) is 2.17. The average Bonchev–Trinajstić information content (AvgIpc) is 2.60. The van der Waals surface area contributed by atoms with Crippen molar-refractivity contribution >= 4 is 40.9 Å². The van der Waals surface area contributed by atoms with Crippen LogP contribution in [0.1, 0.15) is 5.56 Å². The second-order valence-electron chi connectivity index (χ2n) is 5.04. The van der Waals surface area contributed by atoms with Crippen molar-refractivity contribution in [2.75, 3.05) is 25.3 Å². The average molecular weight is 380 g/mol. The van der Waals surface area contributed by atoms with Crippen molar-refractivity contribution in [2.45, 2.75) is 11.3 Å². The van der Waals surface area contributed by atoms with Gasteiger partial charge in [0, 0.05) is 15.5 Å². The summed E-state index contributed by atoms with van der Waals surface area (Å²) in [4.78, 5) is 24.9. The quantitative estimate of drug-likeness (QED) is 0.585. The molecule has 0 heterocycles. The van der Waals surface area contributed by atoms with Crippen LogP contribution in [0.25, 0.3) is 0 Å². The maximum absolute atomic E-state index is 12.0. The van der Waals surface area contributed by atoms with Crippen molar-refractivity contribution in [1.82, 2.24) is 0 Å². The van der Waals surface area contributed by atoms with Crippen LogP contribution in [0.2, 0.25) is 5.02 Å². The van der Waals surface area contributed by atoms with Gasteiger partial charge in [-0.1, -0.05) is 23.7 Å². The Morgan fingerprint density at radius 3 is 2.68 bits per heavy atom. The number of esters is 1. The van der Waals surface area contributed by atoms with Crippen LogP contribution in [0.5, 0.6) is 5.75 Å². The minimum Gasteiger partial charge on any atom is -0.496 e. The Hall–Kier alpha value is -2.18. The molecule has 0 saturated heterocycles. The van der Waals surface area contributed by atoms with Gasteiger partial charge in [-0.3, -0.25) is 9.59 Å². The van der Waals surface area contributed by atoms with Gasteiger partial charge >= 0.3 is 5.97 Å². The highest BCUT2D eigenvalue weighted by atomic mass is 35.5. The maximum atomic E-state index is 12.0. The van der Waals surface area contributed by atoms with Gasteiger partial charge in [0.15, 0.2) is 6.61 Å². The van der Waals surface area contributed by atoms with Crippen molar-refractivity contribution < 1.29 is 19.1 Å². The fraction of sp³-hybridized carbons (Fsp3) is 0.222. The van der Waals surface area contributed by atoms with E-state index in [2.05, 4.69) is 5.32 Å². The Morgan fingerprint density at radius 2 is 1.96 bits per heavy atom. The molecule has 7 heteroatoms. The molecular formula is C18H18ClNO4S. The zero-order valence-electron chi connectivity index (χ0n) is 13.9. The fourth-order valence-corrected chi connectivity index (χ4v) is 2.92. The van der Waals surface area contributed by atoms with Gasteiger partial charge in [0.2, 0.25) is 0 Å². The number of rotatable bonds is 7. The number of hydrogen-bond donors (Lipinski definition) is 1. The molecule has 5 nitrogen and oxygen atoms in total. The molecule has 0 aliphatic carbocycles. The largest absolute Gasteiger partial charge is 0.496 e. The van der Waals surface area contributed by atoms with E-state index in [4.69, 9.17) is 21.1 Å². The van der Waals surface area contributed by atoms with Crippen LogP contribution in [0.3, 0.4) is 0 Å². The molecule has 1 amide bonds. The monoisotopic (exact) mass is 379 g/mol. The van der Waals surface area contributed by atoms with Gasteiger partial charge in [0.05, 0.1) is 19.2 Å². The summed E-state index contributed by atoms with van der Waals surface area (Å²) in [5.74, 6) is -0.388. The topological polar surface area (TPSA) is 64.6 Å². The van der Waals surface area contributed by atoms with E-state index in [9.17, 15) is 9.59 Å². The molecule has 0 atom stereocenters. The molecule has 0 unspecified atom stereocenters. The lowest BCUT2D eigenvalue weighted by molar-refractivity contribution is -0.146. The number of methoxy groups -OCH3 is 1. The first-order valence-corrected chi connectivity index (χ1v) is 9.04. The van der Waals surface area contributed by atoms with E-state index < -0.39 is 11.9 Å². The second kappa shape index (κ2) is 9.34. The standard InChI is InChI=1S/C18H18ClNO4S/c1-23-15-8-7-13(19)9-12(15)10-18(22)24-11-17(21)20-14-5-3-4-6-16(14)25-2/h3-9H,10-11H2,1-2H3,(H,20,21). The highest BCUT2D eigenvalue weighted by Gasteiger charge is 2.13. The highest BCUT2D eigenvalue weighted by Crippen LogP contribution is 2.25. The zero-order valence-corrected chi connectivity index (χ0v) is 15.4. The van der Waals surface area contributed by atoms with Gasteiger partial charge in [0.1, 0.15) is 5.75 Å². The number of ether oxygens (including phenoxy) is 2. The number of nitrogens with one attached hydrogen (secondary N) is 1. The Labute approximate surface area is 155 Å². The van der Waals surface area contributed by atoms with Crippen LogP contribution in [-0.4, -0.2) is 31.8 Å². The number of para-hydroxylation sites is 1. The van der Waals surface area contributed by atoms with Crippen molar-refractivity contribution in [2.24, 2.45) is 0 Å². The van der Waals surface area contributed by atoms with Gasteiger partial charge < -0.3 is 14.8 Å². The van der Waals surface area contributed by atoms with Crippen LogP contribution in [0.4, 0.5) is 5.69 Å². The van der Waals surface area contributed by atoms with Crippen molar-refractivity contribution in [3.05, 3.63) is 53.1 Å². The van der Waals surface area contributed by atoms with E-state index in [0.29, 0.717) is 22.0 Å². The van der Waals surface area contributed by atoms with E-state index in [0.717, 1.165) is 4.90 Å². The molecule has 0 spiro atoms. The lowest BCUT2D eigenvalue weighted by atomic mass is 10.1. The molecule has 0 aliphatic heterocycles. The molecule has 0 aromatic heterocycles. The van der Waals surface area contributed by atoms with E-state index >= 15 is 0 Å². The number of carbonyl (C=O) groups is 2. The van der Waals surface area contributed by atoms with Crippen molar-refractivity contribution in [3.8, 4) is 5.75 Å². The van der Waals surface area contributed by atoms with Gasteiger partial charge in [-0.15, -0.1) is 11.8 Å². The molecule has 0 fully saturated rings. The van der Waals surface area contributed by atoms with Gasteiger partial charge in [0.25, 0.3) is 5.91 Å². The van der Waals surface area contributed by atoms with Crippen LogP contribution < -0.4 is 10.1 Å². The molecule has 25 heavy (non-hydrogen) atoms. The maximum Gasteiger partial charge on any atom is 0.310 e. The molecule has 0 radical (unpaired) electrons. The second-order valence-corrected chi connectivity index (χ2v) is 6.33. The molecule has 0 bridgehead atoms. The summed E-state index contributed by atoms with van der Waals surface area (Å²) in [5, 5.41) is 3.22. The summed E-state index contributed by atoms with van der Waals surface area (Å²) in [5.41, 5.74) is 1.29. The first-order valence-electron chi connectivity index (χ1n) is 7.44. The molecule has 2 rings (SSSR count). The van der Waals surface area contributed by atoms with E-state index in [1.807, 2.05) is 24.5 Å². The molecule has 0 saturated carbocycles. The number of amides is 1. The Bertz CT molecular complexity index is 766. The highest BCUT2D eigenvalue weighted by molar-refractivity contribution is 7.98. The smallest absolute Gasteiger partial charge is 0.310 e. The van der Waals surface area contributed by atoms with Crippen molar-refractivity contribution in [3.63, 3.8) is 0 Å². The minimum atomic E-state index is -0.533. The zero-order chi connectivity index (χ0) is 18.2. The number of benzene rings is 2. The number of hydrogen-bond acceptors (Lipinski definition) is 5. The Balaban J connectivity index is 1.89. The third-order valence-electron chi connectivity index (χ3n) is 3.32. The summed E-state index contributed by atoms with van der Waals surface area (Å²) < 4.78 is 10.2. The number of carbonyl (C=O) groups excluding carboxylic acids is 2. The minimum absolute atomic E-state index is 0.0294. The molecular weight excluding hydrogens is 362 g/mol. The SMILES string of the molecule is COc1ccc(Cl)cc1CC(=O)OCC(=O)Nc1ccccc1SC. The first-order chi connectivity index (χ1) is 12.0. The van der Waals surface area contributed by atoms with Crippen LogP contribution >= 0.6 is 23.4 Å². The predicted octanol–water partition coefficient (Wildman–Crippen LogP) is 3.79. The number of halogens is 1. The summed E-state index contributed by atoms with van der Waals surface area (Å²) in [6.45, 7) is -0.357. The third kappa shape index (κ3) is 5.69. The normalized spacial score (nSPS) is 10.2. The molecule has 2 aromatic rings. The molecule has 132 valence electrons. The Morgan fingerprint density at radius 1 is 1.20 bits per heavy atom. The summed E-state index contributed by atoms with van der Waals surface area (Å²) in [6, 6.07) is 12.4. The lowest BCUT2D eigenvalue weighted by Gasteiger charge is -2.11. The summed E-state index contributed by atoms with van der Waals surface area (Å²) >= 11 is 7.45. The first kappa shape index (κ1) is 19.1. The van der Waals surface area contributed by atoms with Crippen LogP contribution in [0.15, 0.2) is 47.4 Å². The van der Waals surface area contributed by atoms with E-state index in [1.165, 1.54) is 18.9 Å². The molecule has 0 aliphatic rings. The van der Waals surface area contributed by atoms with E-state index in [-0.39, 0.29) is 13.0 Å². The Kier molecular flexibility index (Phi) is 7.16. The van der Waals surface area contributed by atoms with Crippen molar-refractivity contribution in [1.29, 1.82) is 0 Å². The molecule has 2 aromatic carbocycles. The molecule has 1 N–H and O–H groups in total. The van der Waals surface area contributed by atoms with Gasteiger partial charge in [-0.05, 0) is 36.6 Å². The van der Waals surface area contributed by atoms with Crippen LogP contribution in [-0.2, 0) is 20.7 Å². The van der Waals surface area contributed by atoms with E-state index in [1.54, 1.807) is 24.3 Å². The lowest BCUT2D eigenvalue weighted by Crippen LogP contribution is -2.22. The van der Waals surface area contributed by atoms with Gasteiger partial charge in [-0.25, -0.2) is 0 Å². The third-order valence-corrected chi connectivity index (χ3v) is 4.35. The van der Waals surface area contributed by atoms with Crippen LogP contribution in [0, 0.1) is 0 Å². The summed E-state index contributed by atoms with van der Waals surface area (Å²) in [7, 11) is 1.51. The van der Waals surface area contributed by atoms with Gasteiger partial charge in [-0.2, -0.15) is 0 Å². The number of thioether (sulfide) groups is 1. The predicted molar refractivity (Wildman–Crippen MR) is 99.5 cm³/mol.